The molecule has 2 atom stereocenters. The summed E-state index contributed by atoms with van der Waals surface area (Å²) in [6.45, 7) is 0.888. The maximum absolute atomic E-state index is 13.2. The second-order valence-electron chi connectivity index (χ2n) is 8.10. The maximum atomic E-state index is 13.2. The Morgan fingerprint density at radius 1 is 1.19 bits per heavy atom. The highest BCUT2D eigenvalue weighted by Gasteiger charge is 2.44. The van der Waals surface area contributed by atoms with Crippen molar-refractivity contribution in [2.45, 2.75) is 37.8 Å². The van der Waals surface area contributed by atoms with E-state index < -0.39 is 17.7 Å². The van der Waals surface area contributed by atoms with Gasteiger partial charge in [-0.2, -0.15) is 0 Å². The molecule has 1 saturated heterocycles. The number of rotatable bonds is 8. The fraction of sp³-hybridized carbons (Fsp3) is 0.360. The van der Waals surface area contributed by atoms with Crippen molar-refractivity contribution in [1.82, 2.24) is 4.90 Å². The van der Waals surface area contributed by atoms with Gasteiger partial charge in [0.2, 0.25) is 0 Å². The molecule has 4 rings (SSSR count). The first-order valence-electron chi connectivity index (χ1n) is 10.8. The smallest absolute Gasteiger partial charge is 0.290 e. The van der Waals surface area contributed by atoms with Crippen molar-refractivity contribution in [3.63, 3.8) is 0 Å². The first kappa shape index (κ1) is 21.9. The number of ketones is 1. The summed E-state index contributed by atoms with van der Waals surface area (Å²) >= 11 is 0. The van der Waals surface area contributed by atoms with Crippen molar-refractivity contribution in [2.75, 3.05) is 20.3 Å². The molecule has 2 aliphatic heterocycles. The molecule has 2 N–H and O–H groups in total. The SMILES string of the molecule is COc1ccc(C2C(C(=O)CCc3ccccc3)=C(O)C(=O)N2CC2CCCO2)cc1O. The van der Waals surface area contributed by atoms with Gasteiger partial charge in [-0.1, -0.05) is 36.4 Å². The van der Waals surface area contributed by atoms with Gasteiger partial charge in [0.1, 0.15) is 0 Å². The van der Waals surface area contributed by atoms with Gasteiger partial charge in [-0.05, 0) is 42.5 Å². The zero-order valence-electron chi connectivity index (χ0n) is 18.0. The van der Waals surface area contributed by atoms with E-state index >= 15 is 0 Å². The summed E-state index contributed by atoms with van der Waals surface area (Å²) in [5, 5.41) is 21.0. The number of aliphatic hydroxyl groups excluding tert-OH is 1. The summed E-state index contributed by atoms with van der Waals surface area (Å²) in [5.74, 6) is -1.23. The standard InChI is InChI=1S/C25H27NO6/c1-31-21-12-10-17(14-20(21)28)23-22(19(27)11-9-16-6-3-2-4-7-16)24(29)25(30)26(23)15-18-8-5-13-32-18/h2-4,6-7,10,12,14,18,23,28-29H,5,8-9,11,13,15H2,1H3. The Bertz CT molecular complexity index is 1030. The lowest BCUT2D eigenvalue weighted by atomic mass is 9.93. The molecule has 2 aromatic carbocycles. The van der Waals surface area contributed by atoms with Gasteiger partial charge in [0.25, 0.3) is 5.91 Å². The summed E-state index contributed by atoms with van der Waals surface area (Å²) in [4.78, 5) is 27.7. The molecule has 1 amide bonds. The van der Waals surface area contributed by atoms with Crippen LogP contribution in [0.25, 0.3) is 0 Å². The van der Waals surface area contributed by atoms with Gasteiger partial charge in [-0.15, -0.1) is 0 Å². The van der Waals surface area contributed by atoms with E-state index in [-0.39, 0.29) is 41.9 Å². The van der Waals surface area contributed by atoms with Crippen LogP contribution < -0.4 is 4.74 Å². The van der Waals surface area contributed by atoms with Crippen LogP contribution in [-0.2, 0) is 20.7 Å². The number of aryl methyl sites for hydroxylation is 1. The van der Waals surface area contributed by atoms with Crippen LogP contribution in [-0.4, -0.2) is 53.2 Å². The monoisotopic (exact) mass is 437 g/mol. The van der Waals surface area contributed by atoms with E-state index in [4.69, 9.17) is 9.47 Å². The van der Waals surface area contributed by atoms with Gasteiger partial charge in [0.15, 0.2) is 23.0 Å². The molecule has 0 saturated carbocycles. The molecule has 32 heavy (non-hydrogen) atoms. The molecule has 0 bridgehead atoms. The molecule has 1 fully saturated rings. The number of hydrogen-bond donors (Lipinski definition) is 2. The number of amides is 1. The van der Waals surface area contributed by atoms with Crippen molar-refractivity contribution in [3.05, 3.63) is 71.0 Å². The lowest BCUT2D eigenvalue weighted by molar-refractivity contribution is -0.131. The third-order valence-electron chi connectivity index (χ3n) is 6.03. The number of hydrogen-bond acceptors (Lipinski definition) is 6. The number of aromatic hydroxyl groups is 1. The molecule has 0 radical (unpaired) electrons. The predicted molar refractivity (Wildman–Crippen MR) is 118 cm³/mol. The highest BCUT2D eigenvalue weighted by Crippen LogP contribution is 2.41. The van der Waals surface area contributed by atoms with E-state index in [1.807, 2.05) is 30.3 Å². The number of carbonyl (C=O) groups excluding carboxylic acids is 2. The molecule has 168 valence electrons. The quantitative estimate of drug-likeness (QED) is 0.657. The Morgan fingerprint density at radius 3 is 2.62 bits per heavy atom. The number of phenols is 1. The average molecular weight is 437 g/mol. The predicted octanol–water partition coefficient (Wildman–Crippen LogP) is 3.48. The van der Waals surface area contributed by atoms with Crippen molar-refractivity contribution >= 4 is 11.7 Å². The minimum atomic E-state index is -0.799. The third kappa shape index (κ3) is 4.34. The number of methoxy groups -OCH3 is 1. The second kappa shape index (κ2) is 9.44. The molecule has 2 heterocycles. The number of aliphatic hydroxyl groups is 1. The zero-order chi connectivity index (χ0) is 22.7. The minimum Gasteiger partial charge on any atom is -0.504 e. The van der Waals surface area contributed by atoms with Crippen LogP contribution >= 0.6 is 0 Å². The molecular formula is C25H27NO6. The Kier molecular flexibility index (Phi) is 6.46. The fourth-order valence-electron chi connectivity index (χ4n) is 4.40. The lowest BCUT2D eigenvalue weighted by Gasteiger charge is -2.29. The van der Waals surface area contributed by atoms with Crippen LogP contribution in [0.1, 0.15) is 36.4 Å². The topological polar surface area (TPSA) is 96.3 Å². The van der Waals surface area contributed by atoms with Crippen molar-refractivity contribution in [3.8, 4) is 11.5 Å². The van der Waals surface area contributed by atoms with Crippen LogP contribution in [0.3, 0.4) is 0 Å². The molecule has 2 aliphatic rings. The Hall–Kier alpha value is -3.32. The summed E-state index contributed by atoms with van der Waals surface area (Å²) in [6, 6.07) is 13.5. The largest absolute Gasteiger partial charge is 0.504 e. The third-order valence-corrected chi connectivity index (χ3v) is 6.03. The second-order valence-corrected chi connectivity index (χ2v) is 8.10. The van der Waals surface area contributed by atoms with Crippen LogP contribution in [0.2, 0.25) is 0 Å². The molecule has 0 aliphatic carbocycles. The summed E-state index contributed by atoms with van der Waals surface area (Å²) in [5.41, 5.74) is 1.59. The maximum Gasteiger partial charge on any atom is 0.290 e. The van der Waals surface area contributed by atoms with Gasteiger partial charge in [0, 0.05) is 19.6 Å². The number of benzene rings is 2. The number of nitrogens with zero attached hydrogens (tertiary/aromatic N) is 1. The minimum absolute atomic E-state index is 0.0634. The molecule has 7 nitrogen and oxygen atoms in total. The number of phenolic OH excluding ortho intramolecular Hbond substituents is 1. The highest BCUT2D eigenvalue weighted by molar-refractivity contribution is 6.09. The summed E-state index contributed by atoms with van der Waals surface area (Å²) in [7, 11) is 1.45. The van der Waals surface area contributed by atoms with Gasteiger partial charge in [-0.3, -0.25) is 9.59 Å². The van der Waals surface area contributed by atoms with Gasteiger partial charge >= 0.3 is 0 Å². The van der Waals surface area contributed by atoms with E-state index in [0.717, 1.165) is 18.4 Å². The number of ether oxygens (including phenoxy) is 2. The molecule has 2 aromatic rings. The summed E-state index contributed by atoms with van der Waals surface area (Å²) in [6.07, 6.45) is 2.21. The first-order valence-corrected chi connectivity index (χ1v) is 10.8. The Morgan fingerprint density at radius 2 is 1.97 bits per heavy atom. The van der Waals surface area contributed by atoms with Gasteiger partial charge in [-0.25, -0.2) is 0 Å². The average Bonchev–Trinajstić information content (AvgIpc) is 3.40. The molecule has 7 heteroatoms. The lowest BCUT2D eigenvalue weighted by Crippen LogP contribution is -2.37. The molecule has 0 spiro atoms. The van der Waals surface area contributed by atoms with E-state index in [0.29, 0.717) is 18.6 Å². The van der Waals surface area contributed by atoms with Crippen molar-refractivity contribution in [2.24, 2.45) is 0 Å². The highest BCUT2D eigenvalue weighted by atomic mass is 16.5. The van der Waals surface area contributed by atoms with Crippen molar-refractivity contribution in [1.29, 1.82) is 0 Å². The number of Topliss-reactive ketones (excluding diaryl/α,β-unsaturated/α-hetero) is 1. The molecular weight excluding hydrogens is 410 g/mol. The molecule has 0 aromatic heterocycles. The van der Waals surface area contributed by atoms with Gasteiger partial charge in [0.05, 0.1) is 24.8 Å². The van der Waals surface area contributed by atoms with Crippen LogP contribution in [0.15, 0.2) is 59.9 Å². The molecule has 2 unspecified atom stereocenters. The van der Waals surface area contributed by atoms with Gasteiger partial charge < -0.3 is 24.6 Å². The summed E-state index contributed by atoms with van der Waals surface area (Å²) < 4.78 is 10.8. The Balaban J connectivity index is 1.65. The first-order chi connectivity index (χ1) is 15.5. The van der Waals surface area contributed by atoms with E-state index in [9.17, 15) is 19.8 Å². The van der Waals surface area contributed by atoms with E-state index in [1.165, 1.54) is 18.1 Å². The van der Waals surface area contributed by atoms with E-state index in [2.05, 4.69) is 0 Å². The van der Waals surface area contributed by atoms with Crippen LogP contribution in [0.5, 0.6) is 11.5 Å². The normalized spacial score (nSPS) is 20.8. The van der Waals surface area contributed by atoms with Crippen LogP contribution in [0.4, 0.5) is 0 Å². The number of carbonyl (C=O) groups is 2. The fourth-order valence-corrected chi connectivity index (χ4v) is 4.40. The van der Waals surface area contributed by atoms with Crippen LogP contribution in [0, 0.1) is 0 Å². The van der Waals surface area contributed by atoms with Crippen molar-refractivity contribution < 1.29 is 29.3 Å². The van der Waals surface area contributed by atoms with E-state index in [1.54, 1.807) is 12.1 Å². The zero-order valence-corrected chi connectivity index (χ0v) is 18.0. The Labute approximate surface area is 186 Å².